The zero-order chi connectivity index (χ0) is 19.1. The minimum absolute atomic E-state index is 0.0327. The molecule has 0 atom stereocenters. The molecule has 0 aliphatic rings. The lowest BCUT2D eigenvalue weighted by molar-refractivity contribution is -0.112. The molecule has 3 aromatic rings. The number of anilines is 1. The monoisotopic (exact) mass is 354 g/mol. The van der Waals surface area contributed by atoms with Crippen molar-refractivity contribution in [2.24, 2.45) is 0 Å². The molecule has 3 rings (SSSR count). The quantitative estimate of drug-likeness (QED) is 0.523. The van der Waals surface area contributed by atoms with Crippen LogP contribution in [0.1, 0.15) is 5.56 Å². The van der Waals surface area contributed by atoms with Gasteiger partial charge in [-0.25, -0.2) is 0 Å². The third-order valence-corrected chi connectivity index (χ3v) is 4.02. The molecule has 4 nitrogen and oxygen atoms in total. The molecule has 0 saturated carbocycles. The van der Waals surface area contributed by atoms with Crippen molar-refractivity contribution in [3.8, 4) is 22.9 Å². The highest BCUT2D eigenvalue weighted by atomic mass is 16.5. The Morgan fingerprint density at radius 2 is 1.67 bits per heavy atom. The number of rotatable bonds is 5. The van der Waals surface area contributed by atoms with Gasteiger partial charge in [-0.15, -0.1) is 0 Å². The van der Waals surface area contributed by atoms with Crippen molar-refractivity contribution in [2.45, 2.75) is 0 Å². The van der Waals surface area contributed by atoms with Crippen molar-refractivity contribution in [1.82, 2.24) is 0 Å². The topological polar surface area (TPSA) is 62.1 Å². The molecule has 4 heteroatoms. The van der Waals surface area contributed by atoms with Gasteiger partial charge >= 0.3 is 0 Å². The summed E-state index contributed by atoms with van der Waals surface area (Å²) in [6.45, 7) is 0. The molecule has 0 saturated heterocycles. The van der Waals surface area contributed by atoms with Crippen LogP contribution in [0.3, 0.4) is 0 Å². The number of nitrogens with zero attached hydrogens (tertiary/aromatic N) is 1. The van der Waals surface area contributed by atoms with Gasteiger partial charge in [-0.05, 0) is 34.9 Å². The minimum atomic E-state index is -0.460. The summed E-state index contributed by atoms with van der Waals surface area (Å²) in [5.74, 6) is 0.171. The van der Waals surface area contributed by atoms with Crippen LogP contribution in [0.4, 0.5) is 5.69 Å². The van der Waals surface area contributed by atoms with Crippen LogP contribution < -0.4 is 10.1 Å². The summed E-state index contributed by atoms with van der Waals surface area (Å²) < 4.78 is 5.14. The average molecular weight is 354 g/mol. The van der Waals surface area contributed by atoms with Crippen molar-refractivity contribution < 1.29 is 9.53 Å². The fourth-order valence-corrected chi connectivity index (χ4v) is 2.62. The van der Waals surface area contributed by atoms with E-state index in [4.69, 9.17) is 4.74 Å². The summed E-state index contributed by atoms with van der Waals surface area (Å²) in [4.78, 5) is 12.4. The normalized spacial score (nSPS) is 10.7. The van der Waals surface area contributed by atoms with Gasteiger partial charge in [-0.1, -0.05) is 60.7 Å². The zero-order valence-electron chi connectivity index (χ0n) is 14.8. The molecule has 0 heterocycles. The Morgan fingerprint density at radius 3 is 2.33 bits per heavy atom. The second kappa shape index (κ2) is 8.50. The van der Waals surface area contributed by atoms with E-state index < -0.39 is 5.91 Å². The van der Waals surface area contributed by atoms with E-state index in [0.717, 1.165) is 16.7 Å². The lowest BCUT2D eigenvalue weighted by Gasteiger charge is -2.06. The van der Waals surface area contributed by atoms with Crippen LogP contribution >= 0.6 is 0 Å². The second-order valence-electron chi connectivity index (χ2n) is 5.84. The van der Waals surface area contributed by atoms with Crippen molar-refractivity contribution in [3.05, 3.63) is 90.0 Å². The Labute approximate surface area is 158 Å². The fourth-order valence-electron chi connectivity index (χ4n) is 2.62. The first-order valence-electron chi connectivity index (χ1n) is 8.42. The maximum atomic E-state index is 12.4. The van der Waals surface area contributed by atoms with Gasteiger partial charge in [0.1, 0.15) is 17.4 Å². The molecule has 0 aliphatic heterocycles. The Hall–Kier alpha value is -3.84. The maximum absolute atomic E-state index is 12.4. The Morgan fingerprint density at radius 1 is 0.963 bits per heavy atom. The number of ether oxygens (including phenoxy) is 1. The molecule has 27 heavy (non-hydrogen) atoms. The van der Waals surface area contributed by atoms with Gasteiger partial charge in [0.2, 0.25) is 0 Å². The van der Waals surface area contributed by atoms with Gasteiger partial charge in [0.15, 0.2) is 0 Å². The summed E-state index contributed by atoms with van der Waals surface area (Å²) >= 11 is 0. The van der Waals surface area contributed by atoms with Crippen LogP contribution in [0, 0.1) is 11.3 Å². The first kappa shape index (κ1) is 18.0. The van der Waals surface area contributed by atoms with Crippen LogP contribution in [0.5, 0.6) is 5.75 Å². The summed E-state index contributed by atoms with van der Waals surface area (Å²) in [7, 11) is 1.56. The molecule has 0 aromatic heterocycles. The smallest absolute Gasteiger partial charge is 0.266 e. The SMILES string of the molecule is COc1cccc(NC(=O)/C(C#N)=C/c2ccc(-c3ccccc3)cc2)c1. The van der Waals surface area contributed by atoms with E-state index in [2.05, 4.69) is 5.32 Å². The first-order valence-corrected chi connectivity index (χ1v) is 8.42. The van der Waals surface area contributed by atoms with E-state index in [1.54, 1.807) is 37.5 Å². The van der Waals surface area contributed by atoms with Crippen LogP contribution in [-0.2, 0) is 4.79 Å². The standard InChI is InChI=1S/C23H18N2O2/c1-27-22-9-5-8-21(15-22)25-23(26)20(16-24)14-17-10-12-19(13-11-17)18-6-3-2-4-7-18/h2-15H,1H3,(H,25,26)/b20-14+. The number of nitriles is 1. The van der Waals surface area contributed by atoms with Gasteiger partial charge < -0.3 is 10.1 Å². The van der Waals surface area contributed by atoms with Gasteiger partial charge in [-0.3, -0.25) is 4.79 Å². The summed E-state index contributed by atoms with van der Waals surface area (Å²) in [5.41, 5.74) is 3.58. The van der Waals surface area contributed by atoms with Gasteiger partial charge in [-0.2, -0.15) is 5.26 Å². The fraction of sp³-hybridized carbons (Fsp3) is 0.0435. The third kappa shape index (κ3) is 4.62. The number of carbonyl (C=O) groups excluding carboxylic acids is 1. The van der Waals surface area contributed by atoms with E-state index in [1.165, 1.54) is 0 Å². The molecule has 3 aromatic carbocycles. The number of methoxy groups -OCH3 is 1. The first-order chi connectivity index (χ1) is 13.2. The number of carbonyl (C=O) groups is 1. The molecular formula is C23H18N2O2. The zero-order valence-corrected chi connectivity index (χ0v) is 14.8. The highest BCUT2D eigenvalue weighted by Crippen LogP contribution is 2.21. The van der Waals surface area contributed by atoms with E-state index in [0.29, 0.717) is 11.4 Å². The molecule has 0 spiro atoms. The number of hydrogen-bond acceptors (Lipinski definition) is 3. The average Bonchev–Trinajstić information content (AvgIpc) is 2.73. The Kier molecular flexibility index (Phi) is 5.66. The molecule has 132 valence electrons. The Bertz CT molecular complexity index is 1000. The summed E-state index contributed by atoms with van der Waals surface area (Å²) in [6.07, 6.45) is 1.57. The number of hydrogen-bond donors (Lipinski definition) is 1. The molecule has 1 N–H and O–H groups in total. The lowest BCUT2D eigenvalue weighted by atomic mass is 10.0. The largest absolute Gasteiger partial charge is 0.497 e. The molecule has 0 fully saturated rings. The molecule has 0 aliphatic carbocycles. The van der Waals surface area contributed by atoms with Crippen molar-refractivity contribution >= 4 is 17.7 Å². The van der Waals surface area contributed by atoms with E-state index in [-0.39, 0.29) is 5.57 Å². The van der Waals surface area contributed by atoms with Crippen molar-refractivity contribution in [2.75, 3.05) is 12.4 Å². The maximum Gasteiger partial charge on any atom is 0.266 e. The second-order valence-corrected chi connectivity index (χ2v) is 5.84. The predicted octanol–water partition coefficient (Wildman–Crippen LogP) is 4.91. The molecule has 0 bridgehead atoms. The van der Waals surface area contributed by atoms with Gasteiger partial charge in [0, 0.05) is 11.8 Å². The number of amides is 1. The summed E-state index contributed by atoms with van der Waals surface area (Å²) in [5, 5.41) is 12.1. The van der Waals surface area contributed by atoms with Gasteiger partial charge in [0.05, 0.1) is 7.11 Å². The predicted molar refractivity (Wildman–Crippen MR) is 107 cm³/mol. The van der Waals surface area contributed by atoms with Crippen LogP contribution in [0.2, 0.25) is 0 Å². The van der Waals surface area contributed by atoms with Crippen molar-refractivity contribution in [3.63, 3.8) is 0 Å². The number of nitrogens with one attached hydrogen (secondary N) is 1. The molecular weight excluding hydrogens is 336 g/mol. The van der Waals surface area contributed by atoms with E-state index in [1.807, 2.05) is 60.7 Å². The van der Waals surface area contributed by atoms with Crippen molar-refractivity contribution in [1.29, 1.82) is 5.26 Å². The van der Waals surface area contributed by atoms with Gasteiger partial charge in [0.25, 0.3) is 5.91 Å². The van der Waals surface area contributed by atoms with E-state index >= 15 is 0 Å². The third-order valence-electron chi connectivity index (χ3n) is 4.02. The highest BCUT2D eigenvalue weighted by Gasteiger charge is 2.10. The molecule has 0 radical (unpaired) electrons. The molecule has 0 unspecified atom stereocenters. The Balaban J connectivity index is 1.77. The minimum Gasteiger partial charge on any atom is -0.497 e. The van der Waals surface area contributed by atoms with Crippen LogP contribution in [0.15, 0.2) is 84.4 Å². The summed E-state index contributed by atoms with van der Waals surface area (Å²) in [6, 6.07) is 26.7. The lowest BCUT2D eigenvalue weighted by Crippen LogP contribution is -2.13. The van der Waals surface area contributed by atoms with E-state index in [9.17, 15) is 10.1 Å². The molecule has 1 amide bonds. The van der Waals surface area contributed by atoms with Crippen LogP contribution in [-0.4, -0.2) is 13.0 Å². The highest BCUT2D eigenvalue weighted by molar-refractivity contribution is 6.09. The van der Waals surface area contributed by atoms with Crippen LogP contribution in [0.25, 0.3) is 17.2 Å². The number of benzene rings is 3.